The van der Waals surface area contributed by atoms with Gasteiger partial charge in [-0.05, 0) is 17.7 Å². The number of quaternary nitrogens is 1. The van der Waals surface area contributed by atoms with Crippen LogP contribution in [0.1, 0.15) is 22.9 Å². The van der Waals surface area contributed by atoms with Gasteiger partial charge in [0, 0.05) is 23.4 Å². The van der Waals surface area contributed by atoms with Gasteiger partial charge in [0.1, 0.15) is 0 Å². The lowest BCUT2D eigenvalue weighted by Gasteiger charge is -2.26. The Balaban J connectivity index is 1.92. The third kappa shape index (κ3) is 2.53. The lowest BCUT2D eigenvalue weighted by Crippen LogP contribution is -2.94. The smallest absolute Gasteiger partial charge is 0.364 e. The van der Waals surface area contributed by atoms with E-state index in [9.17, 15) is 14.9 Å². The highest BCUT2D eigenvalue weighted by Crippen LogP contribution is 2.35. The largest absolute Gasteiger partial charge is 0.465 e. The molecule has 7 nitrogen and oxygen atoms in total. The van der Waals surface area contributed by atoms with Gasteiger partial charge in [-0.15, -0.1) is 0 Å². The fourth-order valence-corrected chi connectivity index (χ4v) is 3.81. The summed E-state index contributed by atoms with van der Waals surface area (Å²) in [6.07, 6.45) is 0.517. The number of nitro groups is 1. The maximum Gasteiger partial charge on any atom is 0.364 e. The second kappa shape index (κ2) is 6.27. The lowest BCUT2D eigenvalue weighted by atomic mass is 9.89. The number of aromatic nitrogens is 1. The molecule has 0 aliphatic carbocycles. The molecular formula is C19H18N3O4+. The van der Waals surface area contributed by atoms with Crippen LogP contribution in [0.3, 0.4) is 0 Å². The van der Waals surface area contributed by atoms with E-state index in [0.29, 0.717) is 12.0 Å². The quantitative estimate of drug-likeness (QED) is 0.426. The van der Waals surface area contributed by atoms with Crippen molar-refractivity contribution in [1.29, 1.82) is 0 Å². The number of ether oxygens (including phenoxy) is 1. The molecule has 0 bridgehead atoms. The highest BCUT2D eigenvalue weighted by Gasteiger charge is 2.40. The normalized spacial score (nSPS) is 19.1. The van der Waals surface area contributed by atoms with Crippen molar-refractivity contribution in [3.63, 3.8) is 0 Å². The van der Waals surface area contributed by atoms with E-state index in [1.165, 1.54) is 13.2 Å². The Morgan fingerprint density at radius 1 is 1.23 bits per heavy atom. The summed E-state index contributed by atoms with van der Waals surface area (Å²) in [5.74, 6) is -0.329. The molecule has 2 heterocycles. The number of H-pyrrole nitrogens is 1. The molecular weight excluding hydrogens is 334 g/mol. The topological polar surface area (TPSA) is 102 Å². The summed E-state index contributed by atoms with van der Waals surface area (Å²) >= 11 is 0. The monoisotopic (exact) mass is 352 g/mol. The fraction of sp³-hybridized carbons (Fsp3) is 0.211. The molecule has 132 valence electrons. The number of fused-ring (bicyclic) bond motifs is 3. The van der Waals surface area contributed by atoms with Gasteiger partial charge >= 0.3 is 5.97 Å². The lowest BCUT2D eigenvalue weighted by molar-refractivity contribution is -0.713. The third-order valence-corrected chi connectivity index (χ3v) is 4.98. The van der Waals surface area contributed by atoms with Crippen molar-refractivity contribution in [2.75, 3.05) is 7.11 Å². The standard InChI is InChI=1S/C19H17N3O4/c1-26-19(23)15-10-13-11-6-2-4-8-14(11)20-18(13)17(21-15)12-7-3-5-9-16(12)22(24)25/h2-9,15,17,20-21H,10H2,1H3/p+1/t15-,17+/m1/s1. The van der Waals surface area contributed by atoms with Crippen molar-refractivity contribution in [2.45, 2.75) is 18.5 Å². The van der Waals surface area contributed by atoms with Crippen LogP contribution in [0.25, 0.3) is 10.9 Å². The summed E-state index contributed by atoms with van der Waals surface area (Å²) in [5.41, 5.74) is 3.49. The molecule has 4 rings (SSSR count). The zero-order valence-corrected chi connectivity index (χ0v) is 14.1. The minimum Gasteiger partial charge on any atom is -0.465 e. The van der Waals surface area contributed by atoms with Crippen LogP contribution in [-0.4, -0.2) is 29.0 Å². The summed E-state index contributed by atoms with van der Waals surface area (Å²) in [6.45, 7) is 0. The van der Waals surface area contributed by atoms with Gasteiger partial charge in [0.25, 0.3) is 5.69 Å². The second-order valence-corrected chi connectivity index (χ2v) is 6.38. The number of para-hydroxylation sites is 2. The van der Waals surface area contributed by atoms with Gasteiger partial charge in [-0.2, -0.15) is 0 Å². The minimum atomic E-state index is -0.448. The Morgan fingerprint density at radius 3 is 2.73 bits per heavy atom. The molecule has 1 aliphatic rings. The Hall–Kier alpha value is -3.19. The van der Waals surface area contributed by atoms with Crippen LogP contribution >= 0.6 is 0 Å². The van der Waals surface area contributed by atoms with Gasteiger partial charge in [0.05, 0.1) is 23.3 Å². The van der Waals surface area contributed by atoms with Gasteiger partial charge in [-0.1, -0.05) is 30.3 Å². The van der Waals surface area contributed by atoms with Crippen molar-refractivity contribution in [1.82, 2.24) is 4.98 Å². The Morgan fingerprint density at radius 2 is 1.96 bits per heavy atom. The van der Waals surface area contributed by atoms with Crippen LogP contribution < -0.4 is 5.32 Å². The molecule has 3 aromatic rings. The molecule has 0 saturated carbocycles. The van der Waals surface area contributed by atoms with E-state index in [-0.39, 0.29) is 22.6 Å². The Kier molecular flexibility index (Phi) is 3.93. The number of hydrogen-bond donors (Lipinski definition) is 2. The van der Waals surface area contributed by atoms with E-state index in [0.717, 1.165) is 22.2 Å². The van der Waals surface area contributed by atoms with E-state index in [1.807, 2.05) is 29.6 Å². The number of nitrogens with zero attached hydrogens (tertiary/aromatic N) is 1. The second-order valence-electron chi connectivity index (χ2n) is 6.38. The fourth-order valence-electron chi connectivity index (χ4n) is 3.81. The predicted molar refractivity (Wildman–Crippen MR) is 94.7 cm³/mol. The average molecular weight is 352 g/mol. The number of rotatable bonds is 3. The molecule has 26 heavy (non-hydrogen) atoms. The van der Waals surface area contributed by atoms with Crippen LogP contribution in [0.5, 0.6) is 0 Å². The molecule has 0 saturated heterocycles. The number of benzene rings is 2. The van der Waals surface area contributed by atoms with Gasteiger partial charge < -0.3 is 15.0 Å². The first kappa shape index (κ1) is 16.3. The molecule has 0 fully saturated rings. The highest BCUT2D eigenvalue weighted by atomic mass is 16.6. The molecule has 1 aromatic heterocycles. The molecule has 0 spiro atoms. The molecule has 0 unspecified atom stereocenters. The van der Waals surface area contributed by atoms with Gasteiger partial charge in [0.2, 0.25) is 0 Å². The van der Waals surface area contributed by atoms with E-state index >= 15 is 0 Å². The molecule has 0 radical (unpaired) electrons. The maximum atomic E-state index is 12.2. The minimum absolute atomic E-state index is 0.0453. The SMILES string of the molecule is COC(=O)[C@H]1Cc2c([nH]c3ccccc23)[C@H](c2ccccc2[N+](=O)[O-])[NH2+]1. The first-order chi connectivity index (χ1) is 12.6. The summed E-state index contributed by atoms with van der Waals surface area (Å²) in [5, 5.41) is 14.4. The van der Waals surface area contributed by atoms with Crippen molar-refractivity contribution >= 4 is 22.6 Å². The first-order valence-corrected chi connectivity index (χ1v) is 8.35. The van der Waals surface area contributed by atoms with Crippen LogP contribution in [0.4, 0.5) is 5.69 Å². The summed E-state index contributed by atoms with van der Waals surface area (Å²) < 4.78 is 4.94. The number of carbonyl (C=O) groups excluding carboxylic acids is 1. The molecule has 1 aliphatic heterocycles. The number of methoxy groups -OCH3 is 1. The van der Waals surface area contributed by atoms with E-state index in [4.69, 9.17) is 4.74 Å². The number of aromatic amines is 1. The number of nitro benzene ring substituents is 1. The van der Waals surface area contributed by atoms with Crippen molar-refractivity contribution < 1.29 is 19.8 Å². The van der Waals surface area contributed by atoms with Gasteiger partial charge in [-0.3, -0.25) is 10.1 Å². The molecule has 7 heteroatoms. The number of esters is 1. The van der Waals surface area contributed by atoms with E-state index < -0.39 is 6.04 Å². The predicted octanol–water partition coefficient (Wildman–Crippen LogP) is 1.83. The Labute approximate surface area is 149 Å². The van der Waals surface area contributed by atoms with Crippen molar-refractivity contribution in [3.8, 4) is 0 Å². The molecule has 2 aromatic carbocycles. The molecule has 3 N–H and O–H groups in total. The zero-order chi connectivity index (χ0) is 18.3. The number of carbonyl (C=O) groups is 1. The van der Waals surface area contributed by atoms with Crippen molar-refractivity contribution in [2.24, 2.45) is 0 Å². The third-order valence-electron chi connectivity index (χ3n) is 4.98. The number of nitrogens with one attached hydrogen (secondary N) is 1. The maximum absolute atomic E-state index is 12.2. The summed E-state index contributed by atoms with van der Waals surface area (Å²) in [6, 6.07) is 13.7. The summed E-state index contributed by atoms with van der Waals surface area (Å²) in [4.78, 5) is 26.8. The van der Waals surface area contributed by atoms with Crippen LogP contribution in [0, 0.1) is 10.1 Å². The van der Waals surface area contributed by atoms with E-state index in [2.05, 4.69) is 4.98 Å². The van der Waals surface area contributed by atoms with Crippen LogP contribution in [0.15, 0.2) is 48.5 Å². The van der Waals surface area contributed by atoms with Gasteiger partial charge in [0.15, 0.2) is 12.1 Å². The van der Waals surface area contributed by atoms with Crippen LogP contribution in [0.2, 0.25) is 0 Å². The highest BCUT2D eigenvalue weighted by molar-refractivity contribution is 5.86. The summed E-state index contributed by atoms with van der Waals surface area (Å²) in [7, 11) is 1.36. The van der Waals surface area contributed by atoms with Crippen molar-refractivity contribution in [3.05, 3.63) is 75.5 Å². The number of hydrogen-bond acceptors (Lipinski definition) is 4. The Bertz CT molecular complexity index is 1010. The van der Waals surface area contributed by atoms with Gasteiger partial charge in [-0.25, -0.2) is 4.79 Å². The van der Waals surface area contributed by atoms with E-state index in [1.54, 1.807) is 18.2 Å². The number of nitrogens with two attached hydrogens (primary N) is 1. The molecule has 0 amide bonds. The van der Waals surface area contributed by atoms with Crippen LogP contribution in [-0.2, 0) is 16.0 Å². The zero-order valence-electron chi connectivity index (χ0n) is 14.1. The molecule has 2 atom stereocenters. The average Bonchev–Trinajstić information content (AvgIpc) is 3.05. The first-order valence-electron chi connectivity index (χ1n) is 8.35.